The van der Waals surface area contributed by atoms with E-state index in [1.807, 2.05) is 13.8 Å². The zero-order valence-corrected chi connectivity index (χ0v) is 11.0. The van der Waals surface area contributed by atoms with Gasteiger partial charge in [0.25, 0.3) is 0 Å². The molecule has 0 saturated carbocycles. The van der Waals surface area contributed by atoms with Gasteiger partial charge in [0.15, 0.2) is 5.78 Å². The van der Waals surface area contributed by atoms with Crippen LogP contribution in [0.3, 0.4) is 0 Å². The average molecular weight is 238 g/mol. The van der Waals surface area contributed by atoms with Crippen molar-refractivity contribution < 1.29 is 14.3 Å². The molecule has 0 bridgehead atoms. The first-order valence-corrected chi connectivity index (χ1v) is 6.47. The maximum atomic E-state index is 11.9. The van der Waals surface area contributed by atoms with E-state index in [4.69, 9.17) is 4.74 Å². The van der Waals surface area contributed by atoms with Gasteiger partial charge in [-0.1, -0.05) is 25.3 Å². The highest BCUT2D eigenvalue weighted by Gasteiger charge is 2.34. The van der Waals surface area contributed by atoms with Gasteiger partial charge in [-0.25, -0.2) is 0 Å². The van der Waals surface area contributed by atoms with Crippen LogP contribution >= 0.6 is 0 Å². The minimum Gasteiger partial charge on any atom is -0.466 e. The highest BCUT2D eigenvalue weighted by molar-refractivity contribution is 5.94. The zero-order chi connectivity index (χ0) is 12.8. The summed E-state index contributed by atoms with van der Waals surface area (Å²) in [7, 11) is 0. The summed E-state index contributed by atoms with van der Waals surface area (Å²) >= 11 is 0. The third kappa shape index (κ3) is 3.69. The van der Waals surface area contributed by atoms with E-state index in [0.717, 1.165) is 24.8 Å². The Kier molecular flexibility index (Phi) is 5.39. The summed E-state index contributed by atoms with van der Waals surface area (Å²) in [5, 5.41) is 0. The number of allylic oxidation sites excluding steroid dienone is 1. The van der Waals surface area contributed by atoms with Crippen molar-refractivity contribution in [2.24, 2.45) is 11.8 Å². The highest BCUT2D eigenvalue weighted by atomic mass is 16.5. The molecule has 0 aliphatic heterocycles. The van der Waals surface area contributed by atoms with Crippen LogP contribution in [0.4, 0.5) is 0 Å². The second-order valence-electron chi connectivity index (χ2n) is 4.69. The van der Waals surface area contributed by atoms with Crippen molar-refractivity contribution in [3.8, 4) is 0 Å². The van der Waals surface area contributed by atoms with Gasteiger partial charge in [0, 0.05) is 6.42 Å². The van der Waals surface area contributed by atoms with Crippen LogP contribution in [0.2, 0.25) is 0 Å². The summed E-state index contributed by atoms with van der Waals surface area (Å²) in [4.78, 5) is 23.5. The zero-order valence-electron chi connectivity index (χ0n) is 11.0. The van der Waals surface area contributed by atoms with Gasteiger partial charge in [0.1, 0.15) is 0 Å². The molecule has 3 nitrogen and oxygen atoms in total. The van der Waals surface area contributed by atoms with Crippen LogP contribution in [0.1, 0.15) is 46.5 Å². The van der Waals surface area contributed by atoms with Gasteiger partial charge >= 0.3 is 5.97 Å². The highest BCUT2D eigenvalue weighted by Crippen LogP contribution is 2.33. The van der Waals surface area contributed by atoms with E-state index < -0.39 is 0 Å². The molecule has 0 amide bonds. The van der Waals surface area contributed by atoms with Crippen LogP contribution in [0.15, 0.2) is 11.6 Å². The molecule has 2 atom stereocenters. The fourth-order valence-corrected chi connectivity index (χ4v) is 2.50. The minimum atomic E-state index is -0.209. The second kappa shape index (κ2) is 6.58. The molecule has 0 fully saturated rings. The Balaban J connectivity index is 2.81. The lowest BCUT2D eigenvalue weighted by atomic mass is 9.76. The van der Waals surface area contributed by atoms with Gasteiger partial charge in [-0.3, -0.25) is 9.59 Å². The topological polar surface area (TPSA) is 43.4 Å². The molecular weight excluding hydrogens is 216 g/mol. The number of esters is 1. The van der Waals surface area contributed by atoms with Crippen LogP contribution in [0, 0.1) is 11.8 Å². The molecule has 0 heterocycles. The van der Waals surface area contributed by atoms with Crippen molar-refractivity contribution in [2.75, 3.05) is 6.61 Å². The normalized spacial score (nSPS) is 24.4. The first-order valence-electron chi connectivity index (χ1n) is 6.47. The van der Waals surface area contributed by atoms with Crippen molar-refractivity contribution in [2.45, 2.75) is 46.5 Å². The number of unbranched alkanes of at least 4 members (excludes halogenated alkanes) is 1. The van der Waals surface area contributed by atoms with Crippen LogP contribution in [0.25, 0.3) is 0 Å². The molecule has 17 heavy (non-hydrogen) atoms. The minimum absolute atomic E-state index is 0.131. The third-order valence-electron chi connectivity index (χ3n) is 3.28. The molecule has 3 heteroatoms. The quantitative estimate of drug-likeness (QED) is 0.692. The fourth-order valence-electron chi connectivity index (χ4n) is 2.50. The summed E-state index contributed by atoms with van der Waals surface area (Å²) in [5.41, 5.74) is 0.862. The van der Waals surface area contributed by atoms with E-state index in [1.54, 1.807) is 6.08 Å². The SMILES string of the molecule is CCCC[C@@H]1CC(=O)C=C(C)[C@@H]1C(=O)OCC. The molecule has 0 unspecified atom stereocenters. The number of ketones is 1. The van der Waals surface area contributed by atoms with E-state index in [-0.39, 0.29) is 23.6 Å². The molecule has 96 valence electrons. The lowest BCUT2D eigenvalue weighted by Crippen LogP contribution is -2.32. The van der Waals surface area contributed by atoms with Gasteiger partial charge in [-0.05, 0) is 32.3 Å². The molecule has 0 spiro atoms. The molecule has 0 aromatic heterocycles. The maximum absolute atomic E-state index is 11.9. The molecule has 0 aromatic carbocycles. The van der Waals surface area contributed by atoms with Gasteiger partial charge in [0.2, 0.25) is 0 Å². The van der Waals surface area contributed by atoms with Crippen LogP contribution in [0.5, 0.6) is 0 Å². The van der Waals surface area contributed by atoms with Crippen molar-refractivity contribution >= 4 is 11.8 Å². The number of hydrogen-bond donors (Lipinski definition) is 0. The van der Waals surface area contributed by atoms with Gasteiger partial charge in [0.05, 0.1) is 12.5 Å². The molecule has 1 aliphatic rings. The summed E-state index contributed by atoms with van der Waals surface area (Å²) in [6, 6.07) is 0. The number of carbonyl (C=O) groups is 2. The lowest BCUT2D eigenvalue weighted by molar-refractivity contribution is -0.149. The number of carbonyl (C=O) groups excluding carboxylic acids is 2. The standard InChI is InChI=1S/C14H22O3/c1-4-6-7-11-9-12(15)8-10(3)13(11)14(16)17-5-2/h8,11,13H,4-7,9H2,1-3H3/t11-,13+/m1/s1. The summed E-state index contributed by atoms with van der Waals surface area (Å²) < 4.78 is 5.11. The Morgan fingerprint density at radius 1 is 1.47 bits per heavy atom. The fraction of sp³-hybridized carbons (Fsp3) is 0.714. The number of rotatable bonds is 5. The molecule has 0 saturated heterocycles. The van der Waals surface area contributed by atoms with E-state index in [9.17, 15) is 9.59 Å². The Bertz CT molecular complexity index is 317. The molecule has 1 aliphatic carbocycles. The molecule has 1 rings (SSSR count). The molecule has 0 aromatic rings. The van der Waals surface area contributed by atoms with Gasteiger partial charge in [-0.2, -0.15) is 0 Å². The van der Waals surface area contributed by atoms with Crippen molar-refractivity contribution in [1.29, 1.82) is 0 Å². The predicted molar refractivity (Wildman–Crippen MR) is 66.5 cm³/mol. The van der Waals surface area contributed by atoms with E-state index in [2.05, 4.69) is 6.92 Å². The monoisotopic (exact) mass is 238 g/mol. The molecule has 0 radical (unpaired) electrons. The Morgan fingerprint density at radius 3 is 2.76 bits per heavy atom. The lowest BCUT2D eigenvalue weighted by Gasteiger charge is -2.28. The first kappa shape index (κ1) is 13.9. The number of ether oxygens (including phenoxy) is 1. The van der Waals surface area contributed by atoms with Crippen molar-refractivity contribution in [1.82, 2.24) is 0 Å². The Labute approximate surface area is 103 Å². The second-order valence-corrected chi connectivity index (χ2v) is 4.69. The van der Waals surface area contributed by atoms with Crippen molar-refractivity contribution in [3.05, 3.63) is 11.6 Å². The largest absolute Gasteiger partial charge is 0.466 e. The van der Waals surface area contributed by atoms with Crippen LogP contribution in [-0.4, -0.2) is 18.4 Å². The smallest absolute Gasteiger partial charge is 0.313 e. The summed E-state index contributed by atoms with van der Waals surface area (Å²) in [5.74, 6) is -0.107. The summed E-state index contributed by atoms with van der Waals surface area (Å²) in [6.07, 6.45) is 5.16. The molecule has 0 N–H and O–H groups in total. The number of hydrogen-bond acceptors (Lipinski definition) is 3. The third-order valence-corrected chi connectivity index (χ3v) is 3.28. The Hall–Kier alpha value is -1.12. The summed E-state index contributed by atoms with van der Waals surface area (Å²) in [6.45, 7) is 6.19. The van der Waals surface area contributed by atoms with Crippen molar-refractivity contribution in [3.63, 3.8) is 0 Å². The average Bonchev–Trinajstić information content (AvgIpc) is 2.25. The van der Waals surface area contributed by atoms with E-state index in [1.165, 1.54) is 0 Å². The predicted octanol–water partition coefficient (Wildman–Crippen LogP) is 2.89. The van der Waals surface area contributed by atoms with Crippen LogP contribution in [-0.2, 0) is 14.3 Å². The van der Waals surface area contributed by atoms with Crippen LogP contribution < -0.4 is 0 Å². The van der Waals surface area contributed by atoms with Gasteiger partial charge in [-0.15, -0.1) is 0 Å². The molecular formula is C14H22O3. The Morgan fingerprint density at radius 2 is 2.18 bits per heavy atom. The maximum Gasteiger partial charge on any atom is 0.313 e. The van der Waals surface area contributed by atoms with Gasteiger partial charge < -0.3 is 4.74 Å². The van der Waals surface area contributed by atoms with E-state index >= 15 is 0 Å². The van der Waals surface area contributed by atoms with E-state index in [0.29, 0.717) is 13.0 Å². The first-order chi connectivity index (χ1) is 8.10.